The molecular weight excluding hydrogens is 380 g/mol. The van der Waals surface area contributed by atoms with Crippen molar-refractivity contribution in [1.29, 1.82) is 0 Å². The first-order valence-corrected chi connectivity index (χ1v) is 7.75. The fourth-order valence-corrected chi connectivity index (χ4v) is 2.83. The van der Waals surface area contributed by atoms with Gasteiger partial charge in [-0.25, -0.2) is 4.98 Å². The number of rotatable bonds is 4. The van der Waals surface area contributed by atoms with E-state index >= 15 is 0 Å². The van der Waals surface area contributed by atoms with Gasteiger partial charge in [-0.2, -0.15) is 0 Å². The summed E-state index contributed by atoms with van der Waals surface area (Å²) >= 11 is 8.32. The second-order valence-corrected chi connectivity index (χ2v) is 6.31. The van der Waals surface area contributed by atoms with Crippen molar-refractivity contribution < 1.29 is 4.79 Å². The molecule has 0 radical (unpaired) electrons. The lowest BCUT2D eigenvalue weighted by molar-refractivity contribution is 0.0953. The van der Waals surface area contributed by atoms with Crippen LogP contribution in [0.4, 0.5) is 0 Å². The summed E-state index contributed by atoms with van der Waals surface area (Å²) in [6.07, 6.45) is 2.53. The van der Waals surface area contributed by atoms with Crippen LogP contribution in [0.2, 0.25) is 0 Å². The Morgan fingerprint density at radius 2 is 2.22 bits per heavy atom. The summed E-state index contributed by atoms with van der Waals surface area (Å²) in [7, 11) is 0. The van der Waals surface area contributed by atoms with Crippen molar-refractivity contribution in [3.63, 3.8) is 0 Å². The summed E-state index contributed by atoms with van der Waals surface area (Å²) in [6.45, 7) is 0.589. The van der Waals surface area contributed by atoms with Crippen molar-refractivity contribution in [2.24, 2.45) is 0 Å². The van der Waals surface area contributed by atoms with E-state index in [1.807, 2.05) is 17.5 Å². The molecule has 1 amide bonds. The minimum Gasteiger partial charge on any atom is -0.352 e. The SMILES string of the molecule is O=C(NCCc1nccs1)c1cc(Br)ccc1Br. The van der Waals surface area contributed by atoms with Crippen LogP contribution in [0, 0.1) is 0 Å². The number of halogens is 2. The van der Waals surface area contributed by atoms with Gasteiger partial charge in [0, 0.05) is 33.5 Å². The molecular formula is C12H10Br2N2OS. The topological polar surface area (TPSA) is 42.0 Å². The Labute approximate surface area is 126 Å². The molecule has 0 atom stereocenters. The molecule has 0 unspecified atom stereocenters. The molecule has 1 aromatic carbocycles. The predicted octanol–water partition coefficient (Wildman–Crippen LogP) is 3.64. The Morgan fingerprint density at radius 3 is 2.94 bits per heavy atom. The van der Waals surface area contributed by atoms with Crippen LogP contribution in [-0.2, 0) is 6.42 Å². The van der Waals surface area contributed by atoms with Gasteiger partial charge in [0.25, 0.3) is 5.91 Å². The Kier molecular flexibility index (Phi) is 4.91. The average molecular weight is 390 g/mol. The van der Waals surface area contributed by atoms with Crippen molar-refractivity contribution in [2.75, 3.05) is 6.54 Å². The van der Waals surface area contributed by atoms with Gasteiger partial charge in [-0.3, -0.25) is 4.79 Å². The van der Waals surface area contributed by atoms with Crippen LogP contribution in [0.25, 0.3) is 0 Å². The molecule has 0 aliphatic rings. The third kappa shape index (κ3) is 3.63. The number of hydrogen-bond acceptors (Lipinski definition) is 3. The fraction of sp³-hybridized carbons (Fsp3) is 0.167. The van der Waals surface area contributed by atoms with Gasteiger partial charge in [-0.15, -0.1) is 11.3 Å². The van der Waals surface area contributed by atoms with Crippen LogP contribution in [-0.4, -0.2) is 17.4 Å². The summed E-state index contributed by atoms with van der Waals surface area (Å²) in [5, 5.41) is 5.85. The molecule has 1 aromatic heterocycles. The standard InChI is InChI=1S/C12H10Br2N2OS/c13-8-1-2-10(14)9(7-8)12(17)16-4-3-11-15-5-6-18-11/h1-2,5-7H,3-4H2,(H,16,17). The van der Waals surface area contributed by atoms with Gasteiger partial charge in [0.2, 0.25) is 0 Å². The van der Waals surface area contributed by atoms with Crippen molar-refractivity contribution in [2.45, 2.75) is 6.42 Å². The summed E-state index contributed by atoms with van der Waals surface area (Å²) in [6, 6.07) is 5.53. The van der Waals surface area contributed by atoms with Crippen molar-refractivity contribution in [1.82, 2.24) is 10.3 Å². The number of thiazole rings is 1. The van der Waals surface area contributed by atoms with Crippen LogP contribution < -0.4 is 5.32 Å². The number of amides is 1. The number of carbonyl (C=O) groups excluding carboxylic acids is 1. The maximum absolute atomic E-state index is 12.0. The zero-order chi connectivity index (χ0) is 13.0. The largest absolute Gasteiger partial charge is 0.352 e. The van der Waals surface area contributed by atoms with E-state index in [2.05, 4.69) is 42.2 Å². The molecule has 0 aliphatic carbocycles. The second kappa shape index (κ2) is 6.45. The lowest BCUT2D eigenvalue weighted by atomic mass is 10.2. The number of carbonyl (C=O) groups is 1. The first-order valence-electron chi connectivity index (χ1n) is 5.28. The van der Waals surface area contributed by atoms with E-state index in [1.54, 1.807) is 23.6 Å². The third-order valence-electron chi connectivity index (χ3n) is 2.28. The predicted molar refractivity (Wildman–Crippen MR) is 80.0 cm³/mol. The number of benzene rings is 1. The Morgan fingerprint density at radius 1 is 1.39 bits per heavy atom. The van der Waals surface area contributed by atoms with E-state index in [9.17, 15) is 4.79 Å². The van der Waals surface area contributed by atoms with Crippen LogP contribution in [0.15, 0.2) is 38.7 Å². The van der Waals surface area contributed by atoms with E-state index < -0.39 is 0 Å². The highest BCUT2D eigenvalue weighted by Gasteiger charge is 2.10. The molecule has 2 aromatic rings. The summed E-state index contributed by atoms with van der Waals surface area (Å²) in [4.78, 5) is 16.1. The highest BCUT2D eigenvalue weighted by atomic mass is 79.9. The smallest absolute Gasteiger partial charge is 0.252 e. The molecule has 18 heavy (non-hydrogen) atoms. The number of nitrogens with one attached hydrogen (secondary N) is 1. The third-order valence-corrected chi connectivity index (χ3v) is 4.31. The number of hydrogen-bond donors (Lipinski definition) is 1. The average Bonchev–Trinajstić information content (AvgIpc) is 2.85. The van der Waals surface area contributed by atoms with Crippen LogP contribution >= 0.6 is 43.2 Å². The summed E-state index contributed by atoms with van der Waals surface area (Å²) in [5.74, 6) is -0.0836. The Hall–Kier alpha value is -0.720. The monoisotopic (exact) mass is 388 g/mol. The zero-order valence-corrected chi connectivity index (χ0v) is 13.3. The molecule has 6 heteroatoms. The first kappa shape index (κ1) is 13.7. The molecule has 0 aliphatic heterocycles. The molecule has 1 N–H and O–H groups in total. The first-order chi connectivity index (χ1) is 8.66. The van der Waals surface area contributed by atoms with E-state index in [1.165, 1.54) is 0 Å². The maximum atomic E-state index is 12.0. The molecule has 0 saturated heterocycles. The molecule has 0 fully saturated rings. The van der Waals surface area contributed by atoms with Gasteiger partial charge in [0.05, 0.1) is 10.6 Å². The Balaban J connectivity index is 1.93. The molecule has 0 saturated carbocycles. The molecule has 94 valence electrons. The minimum atomic E-state index is -0.0836. The van der Waals surface area contributed by atoms with E-state index in [4.69, 9.17) is 0 Å². The van der Waals surface area contributed by atoms with E-state index in [0.29, 0.717) is 12.1 Å². The van der Waals surface area contributed by atoms with Gasteiger partial charge < -0.3 is 5.32 Å². The highest BCUT2D eigenvalue weighted by Crippen LogP contribution is 2.21. The maximum Gasteiger partial charge on any atom is 0.252 e. The normalized spacial score (nSPS) is 10.3. The number of aromatic nitrogens is 1. The van der Waals surface area contributed by atoms with E-state index in [0.717, 1.165) is 20.4 Å². The van der Waals surface area contributed by atoms with Crippen molar-refractivity contribution >= 4 is 49.1 Å². The second-order valence-electron chi connectivity index (χ2n) is 3.56. The molecule has 0 spiro atoms. The summed E-state index contributed by atoms with van der Waals surface area (Å²) in [5.41, 5.74) is 0.628. The lowest BCUT2D eigenvalue weighted by Crippen LogP contribution is -2.26. The van der Waals surface area contributed by atoms with Crippen LogP contribution in [0.1, 0.15) is 15.4 Å². The summed E-state index contributed by atoms with van der Waals surface area (Å²) < 4.78 is 1.67. The molecule has 0 bridgehead atoms. The molecule has 2 rings (SSSR count). The Bertz CT molecular complexity index is 543. The number of nitrogens with zero attached hydrogens (tertiary/aromatic N) is 1. The molecule has 3 nitrogen and oxygen atoms in total. The van der Waals surface area contributed by atoms with Gasteiger partial charge in [0.1, 0.15) is 0 Å². The van der Waals surface area contributed by atoms with Gasteiger partial charge in [0.15, 0.2) is 0 Å². The van der Waals surface area contributed by atoms with E-state index in [-0.39, 0.29) is 5.91 Å². The van der Waals surface area contributed by atoms with Crippen LogP contribution in [0.5, 0.6) is 0 Å². The van der Waals surface area contributed by atoms with Crippen LogP contribution in [0.3, 0.4) is 0 Å². The fourth-order valence-electron chi connectivity index (χ4n) is 1.43. The molecule has 1 heterocycles. The van der Waals surface area contributed by atoms with Crippen molar-refractivity contribution in [3.05, 3.63) is 49.3 Å². The van der Waals surface area contributed by atoms with Crippen molar-refractivity contribution in [3.8, 4) is 0 Å². The lowest BCUT2D eigenvalue weighted by Gasteiger charge is -2.06. The highest BCUT2D eigenvalue weighted by molar-refractivity contribution is 9.11. The minimum absolute atomic E-state index is 0.0836. The quantitative estimate of drug-likeness (QED) is 0.867. The van der Waals surface area contributed by atoms with Gasteiger partial charge >= 0.3 is 0 Å². The van der Waals surface area contributed by atoms with Gasteiger partial charge in [-0.1, -0.05) is 15.9 Å². The van der Waals surface area contributed by atoms with Gasteiger partial charge in [-0.05, 0) is 34.1 Å². The zero-order valence-electron chi connectivity index (χ0n) is 9.32.